The number of pyridine rings is 2. The molecule has 1 atom stereocenters. The highest BCUT2D eigenvalue weighted by Crippen LogP contribution is 2.21. The highest BCUT2D eigenvalue weighted by atomic mass is 16.2. The monoisotopic (exact) mass is 496 g/mol. The third-order valence-corrected chi connectivity index (χ3v) is 6.43. The molecule has 4 aromatic rings. The minimum Gasteiger partial charge on any atom is -0.333 e. The maximum atomic E-state index is 13.0. The molecule has 5 rings (SSSR count). The van der Waals surface area contributed by atoms with E-state index in [-0.39, 0.29) is 11.8 Å². The average Bonchev–Trinajstić information content (AvgIpc) is 3.59. The van der Waals surface area contributed by atoms with Gasteiger partial charge in [0.1, 0.15) is 5.65 Å². The zero-order chi connectivity index (χ0) is 25.9. The van der Waals surface area contributed by atoms with E-state index in [1.807, 2.05) is 19.3 Å². The number of carbonyl (C=O) groups excluding carboxylic acids is 2. The summed E-state index contributed by atoms with van der Waals surface area (Å²) in [5.74, 6) is 5.69. The number of nitrogens with one attached hydrogen (secondary N) is 3. The van der Waals surface area contributed by atoms with E-state index in [4.69, 9.17) is 0 Å². The van der Waals surface area contributed by atoms with Crippen LogP contribution in [0.1, 0.15) is 47.1 Å². The SMILES string of the molecule is Cc1ncc(NC(=O)CN2CCC[C@@H]2C)cc1NC(=O)c1cnc2[nH]c(C#Cc3cnn(C)c3)cc2c1. The number of H-pyrrole nitrogens is 1. The molecule has 5 heterocycles. The predicted octanol–water partition coefficient (Wildman–Crippen LogP) is 3.07. The molecule has 37 heavy (non-hydrogen) atoms. The minimum absolute atomic E-state index is 0.0961. The average molecular weight is 497 g/mol. The van der Waals surface area contributed by atoms with Crippen LogP contribution in [0.2, 0.25) is 0 Å². The summed E-state index contributed by atoms with van der Waals surface area (Å²) >= 11 is 0. The van der Waals surface area contributed by atoms with E-state index in [9.17, 15) is 9.59 Å². The van der Waals surface area contributed by atoms with Crippen LogP contribution in [0, 0.1) is 18.8 Å². The molecule has 1 aliphatic heterocycles. The highest BCUT2D eigenvalue weighted by molar-refractivity contribution is 6.06. The Morgan fingerprint density at radius 3 is 2.76 bits per heavy atom. The van der Waals surface area contributed by atoms with Crippen molar-refractivity contribution in [3.05, 3.63) is 65.5 Å². The van der Waals surface area contributed by atoms with Crippen molar-refractivity contribution in [3.63, 3.8) is 0 Å². The van der Waals surface area contributed by atoms with E-state index in [0.29, 0.717) is 46.6 Å². The summed E-state index contributed by atoms with van der Waals surface area (Å²) in [5, 5.41) is 10.7. The van der Waals surface area contributed by atoms with E-state index in [1.54, 1.807) is 36.1 Å². The van der Waals surface area contributed by atoms with Crippen LogP contribution in [0.5, 0.6) is 0 Å². The molecule has 1 fully saturated rings. The number of nitrogens with zero attached hydrogens (tertiary/aromatic N) is 5. The van der Waals surface area contributed by atoms with Gasteiger partial charge in [-0.1, -0.05) is 5.92 Å². The van der Waals surface area contributed by atoms with Gasteiger partial charge in [-0.05, 0) is 57.4 Å². The number of amides is 2. The van der Waals surface area contributed by atoms with Crippen LogP contribution >= 0.6 is 0 Å². The van der Waals surface area contributed by atoms with Crippen LogP contribution in [0.3, 0.4) is 0 Å². The Morgan fingerprint density at radius 1 is 1.14 bits per heavy atom. The van der Waals surface area contributed by atoms with Gasteiger partial charge < -0.3 is 15.6 Å². The summed E-state index contributed by atoms with van der Waals surface area (Å²) in [6, 6.07) is 5.74. The van der Waals surface area contributed by atoms with E-state index in [0.717, 1.165) is 30.3 Å². The lowest BCUT2D eigenvalue weighted by Crippen LogP contribution is -2.35. The lowest BCUT2D eigenvalue weighted by molar-refractivity contribution is -0.117. The normalized spacial score (nSPS) is 15.4. The summed E-state index contributed by atoms with van der Waals surface area (Å²) in [6.45, 7) is 5.21. The number of carbonyl (C=O) groups is 2. The fourth-order valence-corrected chi connectivity index (χ4v) is 4.37. The molecule has 2 amide bonds. The smallest absolute Gasteiger partial charge is 0.257 e. The topological polar surface area (TPSA) is 121 Å². The molecule has 0 saturated carbocycles. The molecule has 4 aromatic heterocycles. The summed E-state index contributed by atoms with van der Waals surface area (Å²) < 4.78 is 1.69. The molecular formula is C27H28N8O2. The molecule has 0 bridgehead atoms. The first-order valence-electron chi connectivity index (χ1n) is 12.2. The van der Waals surface area contributed by atoms with E-state index < -0.39 is 0 Å². The van der Waals surface area contributed by atoms with Gasteiger partial charge in [0.15, 0.2) is 0 Å². The number of aromatic nitrogens is 5. The van der Waals surface area contributed by atoms with E-state index in [1.165, 1.54) is 6.20 Å². The first-order chi connectivity index (χ1) is 17.8. The molecule has 0 spiro atoms. The number of hydrogen-bond donors (Lipinski definition) is 3. The first kappa shape index (κ1) is 24.2. The van der Waals surface area contributed by atoms with E-state index in [2.05, 4.69) is 54.3 Å². The standard InChI is InChI=1S/C27H28N8O2/c1-17-5-4-8-35(17)16-25(36)31-23-11-24(18(2)28-14-23)33-27(37)21-9-20-10-22(32-26(20)29-13-21)7-6-19-12-30-34(3)15-19/h9-15,17H,4-5,8,16H2,1-3H3,(H,29,32)(H,31,36)(H,33,37)/t17-/m0/s1. The zero-order valence-corrected chi connectivity index (χ0v) is 21.0. The maximum Gasteiger partial charge on any atom is 0.257 e. The Balaban J connectivity index is 1.27. The summed E-state index contributed by atoms with van der Waals surface area (Å²) in [6.07, 6.45) is 8.86. The van der Waals surface area contributed by atoms with Crippen LogP contribution in [-0.4, -0.2) is 60.6 Å². The molecule has 0 radical (unpaired) electrons. The Hall–Kier alpha value is -4.49. The summed E-state index contributed by atoms with van der Waals surface area (Å²) in [5.41, 5.74) is 4.24. The predicted molar refractivity (Wildman–Crippen MR) is 141 cm³/mol. The fourth-order valence-electron chi connectivity index (χ4n) is 4.37. The Kier molecular flexibility index (Phi) is 6.70. The molecular weight excluding hydrogens is 468 g/mol. The molecule has 0 unspecified atom stereocenters. The quantitative estimate of drug-likeness (QED) is 0.365. The number of fused-ring (bicyclic) bond motifs is 1. The van der Waals surface area contributed by atoms with Gasteiger partial charge in [0.05, 0.1) is 52.8 Å². The number of likely N-dealkylation sites (tertiary alicyclic amines) is 1. The lowest BCUT2D eigenvalue weighted by atomic mass is 10.2. The second-order valence-corrected chi connectivity index (χ2v) is 9.32. The van der Waals surface area contributed by atoms with Crippen molar-refractivity contribution in [3.8, 4) is 11.8 Å². The fraction of sp³-hybridized carbons (Fsp3) is 0.296. The van der Waals surface area contributed by atoms with Crippen LogP contribution in [0.25, 0.3) is 11.0 Å². The lowest BCUT2D eigenvalue weighted by Gasteiger charge is -2.20. The highest BCUT2D eigenvalue weighted by Gasteiger charge is 2.22. The third-order valence-electron chi connectivity index (χ3n) is 6.43. The van der Waals surface area contributed by atoms with Gasteiger partial charge in [-0.3, -0.25) is 24.2 Å². The number of aromatic amines is 1. The van der Waals surface area contributed by atoms with Crippen LogP contribution in [0.15, 0.2) is 43.0 Å². The van der Waals surface area contributed by atoms with Crippen LogP contribution in [0.4, 0.5) is 11.4 Å². The van der Waals surface area contributed by atoms with Crippen molar-refractivity contribution < 1.29 is 9.59 Å². The van der Waals surface area contributed by atoms with Crippen molar-refractivity contribution in [1.29, 1.82) is 0 Å². The number of aryl methyl sites for hydroxylation is 2. The second kappa shape index (κ2) is 10.2. The second-order valence-electron chi connectivity index (χ2n) is 9.32. The first-order valence-corrected chi connectivity index (χ1v) is 12.2. The minimum atomic E-state index is -0.321. The van der Waals surface area contributed by atoms with Crippen LogP contribution in [-0.2, 0) is 11.8 Å². The van der Waals surface area contributed by atoms with Gasteiger partial charge in [0.25, 0.3) is 5.91 Å². The molecule has 1 saturated heterocycles. The third kappa shape index (κ3) is 5.68. The van der Waals surface area contributed by atoms with Gasteiger partial charge in [-0.2, -0.15) is 5.10 Å². The van der Waals surface area contributed by atoms with Gasteiger partial charge in [0, 0.05) is 30.9 Å². The molecule has 1 aliphatic rings. The number of rotatable bonds is 5. The molecule has 10 heteroatoms. The van der Waals surface area contributed by atoms with Crippen molar-refractivity contribution in [2.75, 3.05) is 23.7 Å². The molecule has 10 nitrogen and oxygen atoms in total. The van der Waals surface area contributed by atoms with Crippen molar-refractivity contribution in [2.24, 2.45) is 7.05 Å². The van der Waals surface area contributed by atoms with Gasteiger partial charge >= 0.3 is 0 Å². The molecule has 188 valence electrons. The van der Waals surface area contributed by atoms with Crippen LogP contribution < -0.4 is 10.6 Å². The Labute approximate surface area is 214 Å². The largest absolute Gasteiger partial charge is 0.333 e. The van der Waals surface area contributed by atoms with Crippen molar-refractivity contribution in [2.45, 2.75) is 32.7 Å². The Morgan fingerprint density at radius 2 is 2.00 bits per heavy atom. The Bertz CT molecular complexity index is 1540. The number of anilines is 2. The molecule has 0 aromatic carbocycles. The van der Waals surface area contributed by atoms with Gasteiger partial charge in [-0.25, -0.2) is 4.98 Å². The molecule has 0 aliphatic carbocycles. The molecule has 3 N–H and O–H groups in total. The van der Waals surface area contributed by atoms with Crippen molar-refractivity contribution in [1.82, 2.24) is 29.6 Å². The maximum absolute atomic E-state index is 13.0. The summed E-state index contributed by atoms with van der Waals surface area (Å²) in [4.78, 5) is 39.6. The van der Waals surface area contributed by atoms with E-state index >= 15 is 0 Å². The zero-order valence-electron chi connectivity index (χ0n) is 21.0. The van der Waals surface area contributed by atoms with Gasteiger partial charge in [-0.15, -0.1) is 0 Å². The van der Waals surface area contributed by atoms with Crippen molar-refractivity contribution >= 4 is 34.2 Å². The summed E-state index contributed by atoms with van der Waals surface area (Å²) in [7, 11) is 1.84. The number of hydrogen-bond acceptors (Lipinski definition) is 6. The van der Waals surface area contributed by atoms with Gasteiger partial charge in [0.2, 0.25) is 5.91 Å².